The molecule has 0 amide bonds. The van der Waals surface area contributed by atoms with E-state index in [1.807, 2.05) is 23.2 Å². The summed E-state index contributed by atoms with van der Waals surface area (Å²) in [5, 5.41) is 20.0. The molecule has 1 atom stereocenters. The molecule has 1 aliphatic heterocycles. The molecule has 9 nitrogen and oxygen atoms in total. The zero-order valence-electron chi connectivity index (χ0n) is 16.2. The van der Waals surface area contributed by atoms with Crippen molar-refractivity contribution in [2.45, 2.75) is 77.0 Å². The van der Waals surface area contributed by atoms with Crippen molar-refractivity contribution in [1.29, 1.82) is 0 Å². The van der Waals surface area contributed by atoms with Gasteiger partial charge in [0.05, 0.1) is 6.54 Å². The van der Waals surface area contributed by atoms with Gasteiger partial charge in [-0.25, -0.2) is 14.7 Å². The van der Waals surface area contributed by atoms with E-state index in [2.05, 4.69) is 30.9 Å². The number of rotatable bonds is 4. The molecule has 9 heteroatoms. The highest BCUT2D eigenvalue weighted by molar-refractivity contribution is 5.80. The molecule has 0 saturated heterocycles. The summed E-state index contributed by atoms with van der Waals surface area (Å²) in [5.41, 5.74) is 0. The molecule has 0 bridgehead atoms. The number of hydrogen-bond acceptors (Lipinski definition) is 5. The number of aromatic nitrogens is 6. The van der Waals surface area contributed by atoms with E-state index in [1.54, 1.807) is 6.33 Å². The summed E-state index contributed by atoms with van der Waals surface area (Å²) in [6.07, 6.45) is 9.96. The molecule has 0 radical (unpaired) electrons. The van der Waals surface area contributed by atoms with E-state index in [4.69, 9.17) is 4.99 Å². The highest BCUT2D eigenvalue weighted by Crippen LogP contribution is 2.17. The number of aryl methyl sites for hydroxylation is 2. The van der Waals surface area contributed by atoms with E-state index in [-0.39, 0.29) is 0 Å². The van der Waals surface area contributed by atoms with Crippen molar-refractivity contribution in [3.63, 3.8) is 0 Å². The van der Waals surface area contributed by atoms with Gasteiger partial charge >= 0.3 is 0 Å². The lowest BCUT2D eigenvalue weighted by molar-refractivity contribution is 0.379. The molecule has 146 valence electrons. The Kier molecular flexibility index (Phi) is 5.35. The van der Waals surface area contributed by atoms with Crippen molar-refractivity contribution >= 4 is 5.96 Å². The van der Waals surface area contributed by atoms with Crippen molar-refractivity contribution < 1.29 is 0 Å². The molecule has 4 rings (SSSR count). The van der Waals surface area contributed by atoms with Crippen LogP contribution in [-0.4, -0.2) is 47.6 Å². The van der Waals surface area contributed by atoms with Gasteiger partial charge in [-0.05, 0) is 26.2 Å². The van der Waals surface area contributed by atoms with Crippen LogP contribution in [0.25, 0.3) is 0 Å². The number of hydrogen-bond donors (Lipinski definition) is 2. The predicted octanol–water partition coefficient (Wildman–Crippen LogP) is 1.10. The fraction of sp³-hybridized carbons (Fsp3) is 0.722. The second-order valence-corrected chi connectivity index (χ2v) is 7.60. The second-order valence-electron chi connectivity index (χ2n) is 7.60. The average molecular weight is 371 g/mol. The molecule has 1 fully saturated rings. The largest absolute Gasteiger partial charge is 0.354 e. The van der Waals surface area contributed by atoms with Crippen LogP contribution in [0.2, 0.25) is 0 Å². The molecule has 27 heavy (non-hydrogen) atoms. The van der Waals surface area contributed by atoms with Crippen LogP contribution < -0.4 is 10.6 Å². The van der Waals surface area contributed by atoms with Gasteiger partial charge < -0.3 is 15.2 Å². The van der Waals surface area contributed by atoms with E-state index < -0.39 is 0 Å². The Morgan fingerprint density at radius 2 is 1.96 bits per heavy atom. The smallest absolute Gasteiger partial charge is 0.192 e. The van der Waals surface area contributed by atoms with Crippen LogP contribution in [0.5, 0.6) is 0 Å². The van der Waals surface area contributed by atoms with Gasteiger partial charge in [-0.1, -0.05) is 19.3 Å². The van der Waals surface area contributed by atoms with Crippen molar-refractivity contribution in [2.24, 2.45) is 12.0 Å². The lowest BCUT2D eigenvalue weighted by Gasteiger charge is -2.29. The number of nitrogens with one attached hydrogen (secondary N) is 2. The lowest BCUT2D eigenvalue weighted by atomic mass is 9.96. The summed E-state index contributed by atoms with van der Waals surface area (Å²) in [6, 6.07) is 0.798. The van der Waals surface area contributed by atoms with Gasteiger partial charge in [-0.2, -0.15) is 5.10 Å². The van der Waals surface area contributed by atoms with Gasteiger partial charge in [-0.3, -0.25) is 0 Å². The van der Waals surface area contributed by atoms with E-state index in [0.717, 1.165) is 42.8 Å². The molecular formula is C18H29N9. The van der Waals surface area contributed by atoms with Gasteiger partial charge in [0, 0.05) is 25.6 Å². The maximum Gasteiger partial charge on any atom is 0.192 e. The van der Waals surface area contributed by atoms with Gasteiger partial charge in [0.2, 0.25) is 0 Å². The first-order chi connectivity index (χ1) is 13.2. The molecule has 2 aromatic rings. The summed E-state index contributed by atoms with van der Waals surface area (Å²) in [6.45, 7) is 3.29. The normalized spacial score (nSPS) is 21.1. The van der Waals surface area contributed by atoms with E-state index in [9.17, 15) is 0 Å². The van der Waals surface area contributed by atoms with Gasteiger partial charge in [0.1, 0.15) is 24.5 Å². The Balaban J connectivity index is 1.45. The molecule has 3 heterocycles. The minimum Gasteiger partial charge on any atom is -0.354 e. The average Bonchev–Trinajstić information content (AvgIpc) is 3.27. The van der Waals surface area contributed by atoms with Crippen LogP contribution in [0.15, 0.2) is 11.3 Å². The Morgan fingerprint density at radius 1 is 1.15 bits per heavy atom. The van der Waals surface area contributed by atoms with Crippen molar-refractivity contribution in [3.05, 3.63) is 23.8 Å². The first kappa shape index (κ1) is 17.9. The third-order valence-corrected chi connectivity index (χ3v) is 5.65. The third kappa shape index (κ3) is 4.28. The molecular weight excluding hydrogens is 342 g/mol. The Bertz CT molecular complexity index is 785. The topological polar surface area (TPSA) is 97.8 Å². The van der Waals surface area contributed by atoms with Crippen LogP contribution in [0, 0.1) is 6.92 Å². The summed E-state index contributed by atoms with van der Waals surface area (Å²) >= 11 is 0. The van der Waals surface area contributed by atoms with Gasteiger partial charge in [0.15, 0.2) is 11.8 Å². The summed E-state index contributed by atoms with van der Waals surface area (Å²) in [7, 11) is 1.98. The molecule has 1 unspecified atom stereocenters. The summed E-state index contributed by atoms with van der Waals surface area (Å²) < 4.78 is 3.98. The van der Waals surface area contributed by atoms with Crippen LogP contribution in [0.3, 0.4) is 0 Å². The third-order valence-electron chi connectivity index (χ3n) is 5.65. The maximum atomic E-state index is 4.83. The number of guanidine groups is 1. The van der Waals surface area contributed by atoms with Crippen LogP contribution in [0.4, 0.5) is 0 Å². The fourth-order valence-corrected chi connectivity index (χ4v) is 3.86. The first-order valence-electron chi connectivity index (χ1n) is 9.98. The molecule has 0 aromatic carbocycles. The molecule has 1 saturated carbocycles. The zero-order valence-corrected chi connectivity index (χ0v) is 16.2. The SMILES string of the molecule is Cc1nnc(CN=C(NC2CCCCC2)NC2CCc3ncnn3C2)n1C. The Labute approximate surface area is 159 Å². The summed E-state index contributed by atoms with van der Waals surface area (Å²) in [4.78, 5) is 9.14. The van der Waals surface area contributed by atoms with Crippen LogP contribution in [-0.2, 0) is 26.6 Å². The monoisotopic (exact) mass is 371 g/mol. The van der Waals surface area contributed by atoms with Gasteiger partial charge in [-0.15, -0.1) is 10.2 Å². The van der Waals surface area contributed by atoms with Crippen molar-refractivity contribution in [3.8, 4) is 0 Å². The highest BCUT2D eigenvalue weighted by atomic mass is 15.4. The summed E-state index contributed by atoms with van der Waals surface area (Å²) in [5.74, 6) is 3.72. The lowest BCUT2D eigenvalue weighted by Crippen LogP contribution is -2.50. The van der Waals surface area contributed by atoms with E-state index >= 15 is 0 Å². The Hall–Kier alpha value is -2.45. The van der Waals surface area contributed by atoms with Gasteiger partial charge in [0.25, 0.3) is 0 Å². The first-order valence-corrected chi connectivity index (χ1v) is 9.98. The van der Waals surface area contributed by atoms with Crippen LogP contribution >= 0.6 is 0 Å². The quantitative estimate of drug-likeness (QED) is 0.617. The molecule has 1 aliphatic carbocycles. The predicted molar refractivity (Wildman–Crippen MR) is 102 cm³/mol. The number of aliphatic imine (C=N–C) groups is 1. The molecule has 2 aromatic heterocycles. The van der Waals surface area contributed by atoms with Crippen molar-refractivity contribution in [2.75, 3.05) is 0 Å². The second kappa shape index (κ2) is 8.06. The minimum atomic E-state index is 0.301. The number of fused-ring (bicyclic) bond motifs is 1. The maximum absolute atomic E-state index is 4.83. The zero-order chi connectivity index (χ0) is 18.6. The molecule has 2 N–H and O–H groups in total. The fourth-order valence-electron chi connectivity index (χ4n) is 3.86. The highest BCUT2D eigenvalue weighted by Gasteiger charge is 2.22. The van der Waals surface area contributed by atoms with Crippen molar-refractivity contribution in [1.82, 2.24) is 40.2 Å². The molecule has 2 aliphatic rings. The Morgan fingerprint density at radius 3 is 2.74 bits per heavy atom. The standard InChI is InChI=1S/C18H29N9/c1-13-24-25-17(26(13)2)10-19-18(22-14-6-4-3-5-7-14)23-15-8-9-16-20-12-21-27(16)11-15/h12,14-15H,3-11H2,1-2H3,(H2,19,22,23). The van der Waals surface area contributed by atoms with Crippen LogP contribution in [0.1, 0.15) is 56.0 Å². The number of nitrogens with zero attached hydrogens (tertiary/aromatic N) is 7. The minimum absolute atomic E-state index is 0.301. The molecule has 0 spiro atoms. The van der Waals surface area contributed by atoms with E-state index in [1.165, 1.54) is 32.1 Å². The van der Waals surface area contributed by atoms with E-state index in [0.29, 0.717) is 18.6 Å².